The van der Waals surface area contributed by atoms with E-state index in [-0.39, 0.29) is 16.9 Å². The Morgan fingerprint density at radius 3 is 2.84 bits per heavy atom. The lowest BCUT2D eigenvalue weighted by Gasteiger charge is -2.15. The Hall–Kier alpha value is -1.64. The number of nitro groups is 1. The van der Waals surface area contributed by atoms with E-state index in [9.17, 15) is 20.3 Å². The highest BCUT2D eigenvalue weighted by Crippen LogP contribution is 2.30. The summed E-state index contributed by atoms with van der Waals surface area (Å²) in [5.74, 6) is 0.421. The zero-order valence-corrected chi connectivity index (χ0v) is 10.7. The van der Waals surface area contributed by atoms with Gasteiger partial charge >= 0.3 is 0 Å². The largest absolute Gasteiger partial charge is 0.390 e. The number of fused-ring (bicyclic) bond motifs is 1. The van der Waals surface area contributed by atoms with Gasteiger partial charge in [-0.3, -0.25) is 15.2 Å². The van der Waals surface area contributed by atoms with Gasteiger partial charge in [-0.2, -0.15) is 17.7 Å². The molecule has 0 spiro atoms. The molecule has 0 saturated carbocycles. The van der Waals surface area contributed by atoms with Crippen molar-refractivity contribution in [3.63, 3.8) is 0 Å². The number of aromatic amines is 1. The highest BCUT2D eigenvalue weighted by atomic mass is 32.1. The average Bonchev–Trinajstić information content (AvgIpc) is 2.81. The number of aliphatic hydroxyl groups is 2. The van der Waals surface area contributed by atoms with Crippen molar-refractivity contribution in [2.24, 2.45) is 0 Å². The normalized spacial score (nSPS) is 14.5. The van der Waals surface area contributed by atoms with E-state index >= 15 is 0 Å². The molecule has 3 N–H and O–H groups in total. The number of H-pyrrole nitrogens is 1. The molecule has 1 aromatic carbocycles. The Bertz CT molecular complexity index is 601. The van der Waals surface area contributed by atoms with Gasteiger partial charge in [0.15, 0.2) is 5.52 Å². The van der Waals surface area contributed by atoms with Crippen molar-refractivity contribution in [3.05, 3.63) is 34.0 Å². The topological polar surface area (TPSA) is 112 Å². The maximum atomic E-state index is 10.9. The van der Waals surface area contributed by atoms with Crippen LogP contribution in [0.5, 0.6) is 0 Å². The van der Waals surface area contributed by atoms with Crippen LogP contribution in [0.25, 0.3) is 10.9 Å². The Morgan fingerprint density at radius 1 is 1.47 bits per heavy atom. The third-order valence-electron chi connectivity index (χ3n) is 2.87. The molecule has 2 unspecified atom stereocenters. The second-order valence-electron chi connectivity index (χ2n) is 4.09. The van der Waals surface area contributed by atoms with E-state index in [1.807, 2.05) is 0 Å². The summed E-state index contributed by atoms with van der Waals surface area (Å²) in [6, 6.07) is 4.46. The average molecular weight is 283 g/mol. The Kier molecular flexibility index (Phi) is 4.03. The molecule has 0 radical (unpaired) electrons. The van der Waals surface area contributed by atoms with Crippen LogP contribution in [-0.2, 0) is 0 Å². The van der Waals surface area contributed by atoms with E-state index in [0.717, 1.165) is 0 Å². The summed E-state index contributed by atoms with van der Waals surface area (Å²) in [7, 11) is 0. The van der Waals surface area contributed by atoms with Crippen LogP contribution in [0.15, 0.2) is 18.2 Å². The van der Waals surface area contributed by atoms with Gasteiger partial charge in [-0.05, 0) is 12.2 Å². The van der Waals surface area contributed by atoms with Crippen molar-refractivity contribution in [2.75, 3.05) is 5.75 Å². The first-order chi connectivity index (χ1) is 9.06. The van der Waals surface area contributed by atoms with Crippen LogP contribution in [0, 0.1) is 10.1 Å². The number of nitro benzene ring substituents is 1. The third-order valence-corrected chi connectivity index (χ3v) is 3.13. The predicted molar refractivity (Wildman–Crippen MR) is 72.2 cm³/mol. The molecule has 102 valence electrons. The fourth-order valence-electron chi connectivity index (χ4n) is 1.90. The van der Waals surface area contributed by atoms with Crippen molar-refractivity contribution in [1.82, 2.24) is 10.2 Å². The molecular formula is C11H13N3O4S. The van der Waals surface area contributed by atoms with Crippen LogP contribution >= 0.6 is 12.6 Å². The smallest absolute Gasteiger partial charge is 0.297 e. The van der Waals surface area contributed by atoms with Crippen LogP contribution in [0.3, 0.4) is 0 Å². The number of hydrogen-bond acceptors (Lipinski definition) is 6. The van der Waals surface area contributed by atoms with E-state index in [0.29, 0.717) is 17.6 Å². The molecule has 19 heavy (non-hydrogen) atoms. The van der Waals surface area contributed by atoms with E-state index in [2.05, 4.69) is 22.8 Å². The van der Waals surface area contributed by atoms with Crippen molar-refractivity contribution in [2.45, 2.75) is 18.6 Å². The molecular weight excluding hydrogens is 270 g/mol. The number of hydrogen-bond donors (Lipinski definition) is 4. The van der Waals surface area contributed by atoms with Crippen molar-refractivity contribution in [1.29, 1.82) is 0 Å². The van der Waals surface area contributed by atoms with Gasteiger partial charge in [-0.1, -0.05) is 12.1 Å². The second-order valence-corrected chi connectivity index (χ2v) is 4.54. The molecule has 2 atom stereocenters. The highest BCUT2D eigenvalue weighted by Gasteiger charge is 2.24. The standard InChI is InChI=1S/C11H13N3O4S/c15-8(4-5-19)11(16)10-6-2-1-3-7(14(17)18)9(6)12-13-10/h1-3,8,11,15-16,19H,4-5H2,(H,12,13). The maximum Gasteiger partial charge on any atom is 0.297 e. The highest BCUT2D eigenvalue weighted by molar-refractivity contribution is 7.80. The maximum absolute atomic E-state index is 10.9. The van der Waals surface area contributed by atoms with Crippen LogP contribution in [0.1, 0.15) is 18.2 Å². The van der Waals surface area contributed by atoms with Crippen LogP contribution in [0.4, 0.5) is 5.69 Å². The summed E-state index contributed by atoms with van der Waals surface area (Å²) < 4.78 is 0. The van der Waals surface area contributed by atoms with Gasteiger partial charge < -0.3 is 10.2 Å². The molecule has 0 aliphatic rings. The first kappa shape index (κ1) is 13.8. The number of thiol groups is 1. The Balaban J connectivity index is 2.46. The van der Waals surface area contributed by atoms with Crippen molar-refractivity contribution < 1.29 is 15.1 Å². The molecule has 2 rings (SSSR count). The number of aromatic nitrogens is 2. The fraction of sp³-hybridized carbons (Fsp3) is 0.364. The van der Waals surface area contributed by atoms with Crippen LogP contribution in [-0.4, -0.2) is 37.2 Å². The number of nitrogens with one attached hydrogen (secondary N) is 1. The fourth-order valence-corrected chi connectivity index (χ4v) is 2.16. The number of rotatable bonds is 5. The number of benzene rings is 1. The zero-order chi connectivity index (χ0) is 14.0. The first-order valence-electron chi connectivity index (χ1n) is 5.64. The van der Waals surface area contributed by atoms with Gasteiger partial charge in [0.05, 0.1) is 16.7 Å². The van der Waals surface area contributed by atoms with Gasteiger partial charge in [-0.15, -0.1) is 0 Å². The van der Waals surface area contributed by atoms with Crippen LogP contribution < -0.4 is 0 Å². The molecule has 1 heterocycles. The molecule has 7 nitrogen and oxygen atoms in total. The summed E-state index contributed by atoms with van der Waals surface area (Å²) in [6.45, 7) is 0. The third kappa shape index (κ3) is 2.55. The number of aliphatic hydroxyl groups excluding tert-OH is 2. The lowest BCUT2D eigenvalue weighted by Crippen LogP contribution is -2.19. The lowest BCUT2D eigenvalue weighted by atomic mass is 10.0. The van der Waals surface area contributed by atoms with Gasteiger partial charge in [-0.25, -0.2) is 0 Å². The Labute approximate surface area is 113 Å². The first-order valence-corrected chi connectivity index (χ1v) is 6.28. The minimum Gasteiger partial charge on any atom is -0.390 e. The van der Waals surface area contributed by atoms with Crippen LogP contribution in [0.2, 0.25) is 0 Å². The summed E-state index contributed by atoms with van der Waals surface area (Å²) >= 11 is 3.98. The molecule has 0 saturated heterocycles. The lowest BCUT2D eigenvalue weighted by molar-refractivity contribution is -0.383. The molecule has 0 aliphatic heterocycles. The second kappa shape index (κ2) is 5.55. The minimum absolute atomic E-state index is 0.143. The number of para-hydroxylation sites is 1. The Morgan fingerprint density at radius 2 is 2.21 bits per heavy atom. The quantitative estimate of drug-likeness (QED) is 0.374. The van der Waals surface area contributed by atoms with Gasteiger partial charge in [0.1, 0.15) is 6.10 Å². The molecule has 0 amide bonds. The molecule has 8 heteroatoms. The molecule has 0 fully saturated rings. The predicted octanol–water partition coefficient (Wildman–Crippen LogP) is 1.19. The number of nitrogens with zero attached hydrogens (tertiary/aromatic N) is 2. The zero-order valence-electron chi connectivity index (χ0n) is 9.85. The summed E-state index contributed by atoms with van der Waals surface area (Å²) in [6.07, 6.45) is -1.88. The monoisotopic (exact) mass is 283 g/mol. The van der Waals surface area contributed by atoms with E-state index in [1.165, 1.54) is 12.1 Å². The molecule has 2 aromatic rings. The molecule has 0 bridgehead atoms. The number of non-ortho nitro benzene ring substituents is 1. The molecule has 1 aromatic heterocycles. The van der Waals surface area contributed by atoms with E-state index < -0.39 is 17.1 Å². The molecule has 0 aliphatic carbocycles. The minimum atomic E-state index is -1.18. The summed E-state index contributed by atoms with van der Waals surface area (Å²) in [5, 5.41) is 37.5. The van der Waals surface area contributed by atoms with Crippen molar-refractivity contribution >= 4 is 29.2 Å². The van der Waals surface area contributed by atoms with Gasteiger partial charge in [0, 0.05) is 11.5 Å². The SMILES string of the molecule is O=[N+]([O-])c1cccc2c(C(O)C(O)CCS)[nH]nc12. The summed E-state index contributed by atoms with van der Waals surface area (Å²) in [5.41, 5.74) is 0.295. The van der Waals surface area contributed by atoms with E-state index in [4.69, 9.17) is 0 Å². The van der Waals surface area contributed by atoms with Crippen molar-refractivity contribution in [3.8, 4) is 0 Å². The summed E-state index contributed by atoms with van der Waals surface area (Å²) in [4.78, 5) is 10.3. The van der Waals surface area contributed by atoms with Gasteiger partial charge in [0.25, 0.3) is 5.69 Å². The van der Waals surface area contributed by atoms with E-state index in [1.54, 1.807) is 6.07 Å². The van der Waals surface area contributed by atoms with Gasteiger partial charge in [0.2, 0.25) is 0 Å².